The molecule has 4 heteroatoms. The summed E-state index contributed by atoms with van der Waals surface area (Å²) in [6.45, 7) is 1.67. The van der Waals surface area contributed by atoms with E-state index in [1.165, 1.54) is 6.07 Å². The summed E-state index contributed by atoms with van der Waals surface area (Å²) >= 11 is 0. The monoisotopic (exact) mass is 266 g/mol. The second-order valence-corrected chi connectivity index (χ2v) is 4.49. The van der Waals surface area contributed by atoms with Gasteiger partial charge in [0.25, 0.3) is 0 Å². The Morgan fingerprint density at radius 1 is 0.842 bits per heavy atom. The molecule has 2 aromatic rings. The van der Waals surface area contributed by atoms with Crippen LogP contribution < -0.4 is 0 Å². The number of phenols is 1. The summed E-state index contributed by atoms with van der Waals surface area (Å²) in [7, 11) is 0. The van der Waals surface area contributed by atoms with Crippen LogP contribution in [0.2, 0.25) is 0 Å². The molecule has 2 aromatic carbocycles. The van der Waals surface area contributed by atoms with Crippen LogP contribution in [0.15, 0.2) is 30.3 Å². The molecule has 1 nitrogen and oxygen atoms in total. The molecule has 0 heterocycles. The molecule has 1 N–H and O–H groups in total. The van der Waals surface area contributed by atoms with Crippen molar-refractivity contribution >= 4 is 0 Å². The summed E-state index contributed by atoms with van der Waals surface area (Å²) in [6.07, 6.45) is 0.845. The van der Waals surface area contributed by atoms with Crippen molar-refractivity contribution in [3.8, 4) is 5.75 Å². The molecule has 0 atom stereocenters. The minimum atomic E-state index is -0.981. The van der Waals surface area contributed by atoms with E-state index in [4.69, 9.17) is 5.11 Å². The van der Waals surface area contributed by atoms with Gasteiger partial charge in [0.2, 0.25) is 0 Å². The fraction of sp³-hybridized carbons (Fsp3) is 0.200. The van der Waals surface area contributed by atoms with Crippen molar-refractivity contribution in [2.24, 2.45) is 0 Å². The summed E-state index contributed by atoms with van der Waals surface area (Å²) in [5, 5.41) is 8.98. The fourth-order valence-corrected chi connectivity index (χ4v) is 1.84. The Kier molecular flexibility index (Phi) is 3.79. The van der Waals surface area contributed by atoms with Gasteiger partial charge in [0.05, 0.1) is 0 Å². The molecule has 0 aliphatic heterocycles. The lowest BCUT2D eigenvalue weighted by atomic mass is 10.0. The zero-order valence-electron chi connectivity index (χ0n) is 10.4. The van der Waals surface area contributed by atoms with Crippen LogP contribution in [-0.4, -0.2) is 5.11 Å². The number of benzene rings is 2. The maximum absolute atomic E-state index is 13.3. The molecular formula is C15H13F3O. The molecule has 0 aromatic heterocycles. The van der Waals surface area contributed by atoms with Gasteiger partial charge in [0.15, 0.2) is 17.4 Å². The Bertz CT molecular complexity index is 585. The molecule has 19 heavy (non-hydrogen) atoms. The Labute approximate surface area is 109 Å². The Morgan fingerprint density at radius 2 is 1.37 bits per heavy atom. The highest BCUT2D eigenvalue weighted by atomic mass is 19.1. The number of hydrogen-bond donors (Lipinski definition) is 1. The first kappa shape index (κ1) is 13.5. The van der Waals surface area contributed by atoms with Gasteiger partial charge in [-0.2, -0.15) is 0 Å². The fourth-order valence-electron chi connectivity index (χ4n) is 1.84. The van der Waals surface area contributed by atoms with E-state index >= 15 is 0 Å². The number of hydrogen-bond acceptors (Lipinski definition) is 1. The molecule has 0 aliphatic carbocycles. The zero-order chi connectivity index (χ0) is 14.0. The highest BCUT2D eigenvalue weighted by molar-refractivity contribution is 5.31. The molecule has 2 rings (SSSR count). The maximum atomic E-state index is 13.3. The molecule has 0 spiro atoms. The van der Waals surface area contributed by atoms with E-state index in [1.54, 1.807) is 19.1 Å². The van der Waals surface area contributed by atoms with Gasteiger partial charge in [-0.25, -0.2) is 13.2 Å². The molecule has 0 aliphatic rings. The van der Waals surface area contributed by atoms with Crippen LogP contribution in [-0.2, 0) is 12.8 Å². The van der Waals surface area contributed by atoms with Gasteiger partial charge in [-0.15, -0.1) is 0 Å². The predicted molar refractivity (Wildman–Crippen MR) is 66.6 cm³/mol. The largest absolute Gasteiger partial charge is 0.503 e. The van der Waals surface area contributed by atoms with Crippen molar-refractivity contribution in [3.63, 3.8) is 0 Å². The van der Waals surface area contributed by atoms with Crippen molar-refractivity contribution in [2.45, 2.75) is 19.8 Å². The number of rotatable bonds is 3. The Morgan fingerprint density at radius 3 is 1.95 bits per heavy atom. The van der Waals surface area contributed by atoms with Gasteiger partial charge in [-0.1, -0.05) is 12.1 Å². The van der Waals surface area contributed by atoms with E-state index in [9.17, 15) is 13.2 Å². The molecule has 0 radical (unpaired) electrons. The third-order valence-corrected chi connectivity index (χ3v) is 3.02. The second kappa shape index (κ2) is 5.34. The first-order valence-electron chi connectivity index (χ1n) is 5.89. The lowest BCUT2D eigenvalue weighted by Gasteiger charge is -2.05. The smallest absolute Gasteiger partial charge is 0.187 e. The second-order valence-electron chi connectivity index (χ2n) is 4.49. The van der Waals surface area contributed by atoms with Crippen molar-refractivity contribution in [2.75, 3.05) is 0 Å². The molecule has 0 saturated heterocycles. The summed E-state index contributed by atoms with van der Waals surface area (Å²) in [4.78, 5) is 0. The summed E-state index contributed by atoms with van der Waals surface area (Å²) < 4.78 is 39.6. The van der Waals surface area contributed by atoms with E-state index in [0.717, 1.165) is 17.7 Å². The van der Waals surface area contributed by atoms with Crippen molar-refractivity contribution < 1.29 is 18.3 Å². The summed E-state index contributed by atoms with van der Waals surface area (Å²) in [5.41, 5.74) is 1.75. The normalized spacial score (nSPS) is 10.7. The van der Waals surface area contributed by atoms with Crippen LogP contribution in [0.3, 0.4) is 0 Å². The molecule has 0 bridgehead atoms. The minimum Gasteiger partial charge on any atom is -0.503 e. The van der Waals surface area contributed by atoms with Gasteiger partial charge in [-0.3, -0.25) is 0 Å². The van der Waals surface area contributed by atoms with E-state index < -0.39 is 17.4 Å². The predicted octanol–water partition coefficient (Wildman–Crippen LogP) is 3.90. The van der Waals surface area contributed by atoms with Crippen LogP contribution >= 0.6 is 0 Å². The van der Waals surface area contributed by atoms with Gasteiger partial charge in [0.1, 0.15) is 5.82 Å². The molecule has 0 fully saturated rings. The molecule has 0 unspecified atom stereocenters. The molecular weight excluding hydrogens is 253 g/mol. The third kappa shape index (κ3) is 3.08. The van der Waals surface area contributed by atoms with Crippen LogP contribution in [0.1, 0.15) is 16.7 Å². The van der Waals surface area contributed by atoms with Crippen molar-refractivity contribution in [1.29, 1.82) is 0 Å². The molecule has 100 valence electrons. The topological polar surface area (TPSA) is 20.2 Å². The lowest BCUT2D eigenvalue weighted by Crippen LogP contribution is -1.95. The van der Waals surface area contributed by atoms with Gasteiger partial charge < -0.3 is 5.11 Å². The van der Waals surface area contributed by atoms with Crippen molar-refractivity contribution in [3.05, 3.63) is 64.5 Å². The van der Waals surface area contributed by atoms with Gasteiger partial charge in [-0.05, 0) is 54.7 Å². The Hall–Kier alpha value is -1.97. The number of phenolic OH excluding ortho intramolecular Hbond substituents is 1. The summed E-state index contributed by atoms with van der Waals surface area (Å²) in [5.74, 6) is -3.22. The van der Waals surface area contributed by atoms with Crippen LogP contribution in [0, 0.1) is 24.4 Å². The SMILES string of the molecule is Cc1ccc(CCc2cc(F)c(O)c(F)c2)cc1F. The van der Waals surface area contributed by atoms with Gasteiger partial charge in [0, 0.05) is 0 Å². The van der Waals surface area contributed by atoms with Crippen LogP contribution in [0.25, 0.3) is 0 Å². The maximum Gasteiger partial charge on any atom is 0.187 e. The van der Waals surface area contributed by atoms with Crippen molar-refractivity contribution in [1.82, 2.24) is 0 Å². The lowest BCUT2D eigenvalue weighted by molar-refractivity contribution is 0.395. The average molecular weight is 266 g/mol. The Balaban J connectivity index is 2.12. The average Bonchev–Trinajstić information content (AvgIpc) is 2.37. The number of halogens is 3. The number of aryl methyl sites for hydroxylation is 3. The highest BCUT2D eigenvalue weighted by Gasteiger charge is 2.09. The van der Waals surface area contributed by atoms with Crippen LogP contribution in [0.5, 0.6) is 5.75 Å². The summed E-state index contributed by atoms with van der Waals surface area (Å²) in [6, 6.07) is 7.04. The minimum absolute atomic E-state index is 0.291. The molecule has 0 saturated carbocycles. The first-order chi connectivity index (χ1) is 8.97. The van der Waals surface area contributed by atoms with Crippen LogP contribution in [0.4, 0.5) is 13.2 Å². The van der Waals surface area contributed by atoms with E-state index in [2.05, 4.69) is 0 Å². The van der Waals surface area contributed by atoms with E-state index in [0.29, 0.717) is 24.0 Å². The van der Waals surface area contributed by atoms with E-state index in [-0.39, 0.29) is 5.82 Å². The first-order valence-corrected chi connectivity index (χ1v) is 5.89. The van der Waals surface area contributed by atoms with Gasteiger partial charge >= 0.3 is 0 Å². The van der Waals surface area contributed by atoms with E-state index in [1.807, 2.05) is 0 Å². The molecule has 0 amide bonds. The number of aromatic hydroxyl groups is 1. The zero-order valence-corrected chi connectivity index (χ0v) is 10.4. The quantitative estimate of drug-likeness (QED) is 0.893. The third-order valence-electron chi connectivity index (χ3n) is 3.02. The highest BCUT2D eigenvalue weighted by Crippen LogP contribution is 2.22. The standard InChI is InChI=1S/C15H13F3O/c1-9-2-3-10(6-12(9)16)4-5-11-7-13(17)15(19)14(18)8-11/h2-3,6-8,19H,4-5H2,1H3.